The van der Waals surface area contributed by atoms with E-state index in [0.29, 0.717) is 12.8 Å². The molecule has 0 bridgehead atoms. The first-order valence-corrected chi connectivity index (χ1v) is 31.4. The Morgan fingerprint density at radius 3 is 0.973 bits per heavy atom. The molecule has 0 saturated carbocycles. The van der Waals surface area contributed by atoms with E-state index in [2.05, 4.69) is 118 Å². The molecule has 0 spiro atoms. The number of hydrogen-bond acceptors (Lipinski definition) is 6. The van der Waals surface area contributed by atoms with E-state index < -0.39 is 12.1 Å². The minimum atomic E-state index is -0.828. The Labute approximate surface area is 463 Å². The lowest BCUT2D eigenvalue weighted by molar-refractivity contribution is -0.166. The molecule has 0 aromatic carbocycles. The van der Waals surface area contributed by atoms with Crippen molar-refractivity contribution in [2.75, 3.05) is 13.2 Å². The highest BCUT2D eigenvalue weighted by Crippen LogP contribution is 2.15. The van der Waals surface area contributed by atoms with E-state index in [1.54, 1.807) is 6.08 Å². The second-order valence-electron chi connectivity index (χ2n) is 20.6. The lowest BCUT2D eigenvalue weighted by Gasteiger charge is -2.18. The van der Waals surface area contributed by atoms with Crippen LogP contribution in [0.15, 0.2) is 109 Å². The van der Waals surface area contributed by atoms with Gasteiger partial charge in [-0.05, 0) is 109 Å². The van der Waals surface area contributed by atoms with Crippen LogP contribution >= 0.6 is 0 Å². The highest BCUT2D eigenvalue weighted by Gasteiger charge is 2.19. The van der Waals surface area contributed by atoms with Gasteiger partial charge < -0.3 is 14.2 Å². The van der Waals surface area contributed by atoms with Gasteiger partial charge in [0.1, 0.15) is 13.2 Å². The second-order valence-corrected chi connectivity index (χ2v) is 20.6. The number of allylic oxidation sites excluding steroid dienone is 17. The molecule has 0 aliphatic heterocycles. The number of esters is 3. The van der Waals surface area contributed by atoms with Gasteiger partial charge in [0.15, 0.2) is 6.10 Å². The summed E-state index contributed by atoms with van der Waals surface area (Å²) in [5.74, 6) is -1.06. The summed E-state index contributed by atoms with van der Waals surface area (Å²) in [4.78, 5) is 38.2. The third-order valence-corrected chi connectivity index (χ3v) is 13.3. The van der Waals surface area contributed by atoms with Gasteiger partial charge in [0.2, 0.25) is 0 Å². The Balaban J connectivity index is 4.44. The Kier molecular flexibility index (Phi) is 59.3. The van der Waals surface area contributed by atoms with Gasteiger partial charge in [-0.1, -0.05) is 271 Å². The molecule has 0 aromatic heterocycles. The average Bonchev–Trinajstić information content (AvgIpc) is 3.41. The zero-order chi connectivity index (χ0) is 54.3. The van der Waals surface area contributed by atoms with Gasteiger partial charge in [-0.2, -0.15) is 0 Å². The van der Waals surface area contributed by atoms with E-state index in [0.717, 1.165) is 96.3 Å². The minimum Gasteiger partial charge on any atom is -0.462 e. The molecule has 0 radical (unpaired) electrons. The van der Waals surface area contributed by atoms with Gasteiger partial charge in [0, 0.05) is 12.8 Å². The van der Waals surface area contributed by atoms with Crippen molar-refractivity contribution in [1.82, 2.24) is 0 Å². The molecule has 0 saturated heterocycles. The van der Waals surface area contributed by atoms with E-state index in [9.17, 15) is 14.4 Å². The quantitative estimate of drug-likeness (QED) is 0.0261. The largest absolute Gasteiger partial charge is 0.462 e. The molecule has 0 N–H and O–H groups in total. The van der Waals surface area contributed by atoms with Crippen LogP contribution in [0.25, 0.3) is 0 Å². The van der Waals surface area contributed by atoms with Gasteiger partial charge >= 0.3 is 17.9 Å². The van der Waals surface area contributed by atoms with Crippen molar-refractivity contribution in [2.24, 2.45) is 0 Å². The highest BCUT2D eigenvalue weighted by atomic mass is 16.6. The van der Waals surface area contributed by atoms with E-state index in [4.69, 9.17) is 14.2 Å². The number of ether oxygens (including phenoxy) is 3. The van der Waals surface area contributed by atoms with Crippen molar-refractivity contribution in [2.45, 2.75) is 297 Å². The third kappa shape index (κ3) is 60.8. The van der Waals surface area contributed by atoms with Crippen molar-refractivity contribution in [3.63, 3.8) is 0 Å². The van der Waals surface area contributed by atoms with Crippen LogP contribution < -0.4 is 0 Å². The Morgan fingerprint density at radius 2 is 0.573 bits per heavy atom. The van der Waals surface area contributed by atoms with Crippen molar-refractivity contribution >= 4 is 17.9 Å². The minimum absolute atomic E-state index is 0.114. The summed E-state index contributed by atoms with van der Waals surface area (Å²) in [6, 6.07) is 0. The summed E-state index contributed by atoms with van der Waals surface area (Å²) in [6.07, 6.45) is 85.5. The van der Waals surface area contributed by atoms with Crippen LogP contribution in [0.5, 0.6) is 0 Å². The normalized spacial score (nSPS) is 12.8. The molecular formula is C69H116O6. The summed E-state index contributed by atoms with van der Waals surface area (Å²) >= 11 is 0. The number of hydrogen-bond donors (Lipinski definition) is 0. The molecule has 0 fully saturated rings. The van der Waals surface area contributed by atoms with Crippen molar-refractivity contribution in [3.8, 4) is 0 Å². The fourth-order valence-electron chi connectivity index (χ4n) is 8.58. The number of rotatable bonds is 56. The van der Waals surface area contributed by atoms with Gasteiger partial charge in [0.05, 0.1) is 6.42 Å². The molecule has 1 unspecified atom stereocenters. The van der Waals surface area contributed by atoms with Crippen LogP contribution in [-0.4, -0.2) is 37.2 Å². The first-order valence-electron chi connectivity index (χ1n) is 31.4. The SMILES string of the molecule is CC/C=C\C/C=C\C/C=C\C/C=C\C/C=C\CC(=O)OCC(COC(=O)CCCCCCCCCCCCC/C=C\CCCCCCCCCC)OC(=O)CCCCCCCC/C=C\C/C=C\C/C=C\CCCCC. The zero-order valence-electron chi connectivity index (χ0n) is 49.0. The van der Waals surface area contributed by atoms with Crippen LogP contribution in [-0.2, 0) is 28.6 Å². The lowest BCUT2D eigenvalue weighted by atomic mass is 10.0. The molecule has 75 heavy (non-hydrogen) atoms. The summed E-state index contributed by atoms with van der Waals surface area (Å²) in [5, 5.41) is 0. The monoisotopic (exact) mass is 1040 g/mol. The maximum absolute atomic E-state index is 12.9. The van der Waals surface area contributed by atoms with Gasteiger partial charge in [-0.3, -0.25) is 14.4 Å². The van der Waals surface area contributed by atoms with E-state index in [-0.39, 0.29) is 31.6 Å². The van der Waals surface area contributed by atoms with Crippen LogP contribution in [0.3, 0.4) is 0 Å². The first-order chi connectivity index (χ1) is 37.0. The maximum atomic E-state index is 12.9. The lowest BCUT2D eigenvalue weighted by Crippen LogP contribution is -2.30. The number of unbranched alkanes of at least 4 members (excludes halogenated alkanes) is 28. The van der Waals surface area contributed by atoms with Crippen molar-refractivity contribution < 1.29 is 28.6 Å². The molecule has 6 nitrogen and oxygen atoms in total. The fourth-order valence-corrected chi connectivity index (χ4v) is 8.58. The number of carbonyl (C=O) groups is 3. The Hall–Kier alpha value is -3.93. The summed E-state index contributed by atoms with van der Waals surface area (Å²) in [5.41, 5.74) is 0. The van der Waals surface area contributed by atoms with Crippen LogP contribution in [0.1, 0.15) is 290 Å². The molecular weight excluding hydrogens is 925 g/mol. The molecule has 0 rings (SSSR count). The number of carbonyl (C=O) groups excluding carboxylic acids is 3. The van der Waals surface area contributed by atoms with Gasteiger partial charge in [-0.25, -0.2) is 0 Å². The summed E-state index contributed by atoms with van der Waals surface area (Å²) in [6.45, 7) is 6.42. The van der Waals surface area contributed by atoms with Crippen LogP contribution in [0, 0.1) is 0 Å². The molecule has 0 aliphatic rings. The van der Waals surface area contributed by atoms with E-state index in [1.807, 2.05) is 6.08 Å². The topological polar surface area (TPSA) is 78.9 Å². The Bertz CT molecular complexity index is 1520. The molecule has 0 heterocycles. The predicted octanol–water partition coefficient (Wildman–Crippen LogP) is 21.4. The summed E-state index contributed by atoms with van der Waals surface area (Å²) < 4.78 is 16.8. The van der Waals surface area contributed by atoms with E-state index >= 15 is 0 Å². The molecule has 428 valence electrons. The predicted molar refractivity (Wildman–Crippen MR) is 325 cm³/mol. The summed E-state index contributed by atoms with van der Waals surface area (Å²) in [7, 11) is 0. The van der Waals surface area contributed by atoms with Crippen LogP contribution in [0.2, 0.25) is 0 Å². The maximum Gasteiger partial charge on any atom is 0.309 e. The van der Waals surface area contributed by atoms with Gasteiger partial charge in [0.25, 0.3) is 0 Å². The van der Waals surface area contributed by atoms with E-state index in [1.165, 1.54) is 154 Å². The molecule has 0 amide bonds. The highest BCUT2D eigenvalue weighted by molar-refractivity contribution is 5.72. The zero-order valence-corrected chi connectivity index (χ0v) is 49.0. The molecule has 6 heteroatoms. The Morgan fingerprint density at radius 1 is 0.293 bits per heavy atom. The van der Waals surface area contributed by atoms with Crippen molar-refractivity contribution in [3.05, 3.63) is 109 Å². The van der Waals surface area contributed by atoms with Crippen molar-refractivity contribution in [1.29, 1.82) is 0 Å². The molecule has 0 aromatic rings. The van der Waals surface area contributed by atoms with Crippen LogP contribution in [0.4, 0.5) is 0 Å². The second kappa shape index (κ2) is 62.6. The first kappa shape index (κ1) is 71.1. The van der Waals surface area contributed by atoms with Gasteiger partial charge in [-0.15, -0.1) is 0 Å². The smallest absolute Gasteiger partial charge is 0.309 e. The average molecular weight is 1040 g/mol. The molecule has 1 atom stereocenters. The fraction of sp³-hybridized carbons (Fsp3) is 0.696. The standard InChI is InChI=1S/C69H116O6/c1-4-7-10-13-16-19-22-25-28-30-32-33-34-35-37-38-41-44-47-50-53-56-59-62-68(71)74-65-66(64-73-67(70)61-58-55-52-49-46-43-40-27-24-21-18-15-12-9-6-3)75-69(72)63-60-57-54-51-48-45-42-39-36-31-29-26-23-20-17-14-11-8-5-2/h9,12,17-18,20-21,26-27,29-30,32,36,39-40,46,49,55,58,66H,4-8,10-11,13-16,19,22-25,28,31,33-35,37-38,41-45,47-48,50-54,56-57,59-65H2,1-3H3/b12-9-,20-17-,21-18-,29-26-,32-30-,39-36-,40-27-,49-46-,58-55-. The third-order valence-electron chi connectivity index (χ3n) is 13.3. The molecule has 0 aliphatic carbocycles.